The average Bonchev–Trinajstić information content (AvgIpc) is 3.36. The molecule has 0 bridgehead atoms. The molecule has 0 aliphatic carbocycles. The predicted molar refractivity (Wildman–Crippen MR) is 147 cm³/mol. The van der Waals surface area contributed by atoms with Crippen LogP contribution in [0.4, 0.5) is 0 Å². The van der Waals surface area contributed by atoms with Crippen LogP contribution in [0, 0.1) is 0 Å². The highest BCUT2D eigenvalue weighted by Crippen LogP contribution is 2.44. The van der Waals surface area contributed by atoms with E-state index in [0.717, 1.165) is 55.8 Å². The molecule has 37 heavy (non-hydrogen) atoms. The number of fused-ring (bicyclic) bond motifs is 3. The molecule has 182 valence electrons. The quantitative estimate of drug-likeness (QED) is 0.255. The van der Waals surface area contributed by atoms with Crippen molar-refractivity contribution in [1.29, 1.82) is 0 Å². The van der Waals surface area contributed by atoms with Gasteiger partial charge < -0.3 is 14.2 Å². The lowest BCUT2D eigenvalue weighted by atomic mass is 9.98. The molecule has 0 saturated heterocycles. The van der Waals surface area contributed by atoms with Gasteiger partial charge in [0.2, 0.25) is 0 Å². The molecule has 6 heteroatoms. The third-order valence-corrected chi connectivity index (χ3v) is 6.54. The minimum atomic E-state index is 0.629. The zero-order valence-electron chi connectivity index (χ0n) is 20.8. The number of benzene rings is 4. The maximum absolute atomic E-state index is 5.73. The van der Waals surface area contributed by atoms with Gasteiger partial charge in [-0.15, -0.1) is 0 Å². The number of methoxy groups -OCH3 is 3. The van der Waals surface area contributed by atoms with Gasteiger partial charge in [0.1, 0.15) is 11.4 Å². The standard InChI is InChI=1S/C31H25N3O3/c1-35-25-17-11-10-16-22(25)30-24-19-27(37-3)26(36-2)18-23(24)28-29(20-12-6-4-7-13-20)33-34(31(28)32-30)21-14-8-5-9-15-21/h4-19H,1-3H3. The zero-order valence-corrected chi connectivity index (χ0v) is 20.8. The van der Waals surface area contributed by atoms with Crippen molar-refractivity contribution in [1.82, 2.24) is 14.8 Å². The summed E-state index contributed by atoms with van der Waals surface area (Å²) in [5, 5.41) is 7.92. The van der Waals surface area contributed by atoms with Gasteiger partial charge in [-0.25, -0.2) is 9.67 Å². The molecular weight excluding hydrogens is 462 g/mol. The lowest BCUT2D eigenvalue weighted by Gasteiger charge is -2.15. The maximum Gasteiger partial charge on any atom is 0.164 e. The van der Waals surface area contributed by atoms with E-state index < -0.39 is 0 Å². The van der Waals surface area contributed by atoms with Crippen molar-refractivity contribution in [3.63, 3.8) is 0 Å². The van der Waals surface area contributed by atoms with Gasteiger partial charge in [0, 0.05) is 21.9 Å². The molecule has 0 unspecified atom stereocenters. The van der Waals surface area contributed by atoms with Crippen molar-refractivity contribution in [3.05, 3.63) is 97.1 Å². The molecule has 0 N–H and O–H groups in total. The molecule has 2 aromatic heterocycles. The lowest BCUT2D eigenvalue weighted by Crippen LogP contribution is -2.00. The summed E-state index contributed by atoms with van der Waals surface area (Å²) in [5.74, 6) is 2.00. The van der Waals surface area contributed by atoms with Gasteiger partial charge in [-0.05, 0) is 36.4 Å². The monoisotopic (exact) mass is 487 g/mol. The first kappa shape index (κ1) is 22.6. The Kier molecular flexibility index (Phi) is 5.69. The normalized spacial score (nSPS) is 11.1. The molecule has 4 aromatic carbocycles. The molecule has 2 heterocycles. The largest absolute Gasteiger partial charge is 0.496 e. The second-order valence-electron chi connectivity index (χ2n) is 8.57. The highest BCUT2D eigenvalue weighted by Gasteiger charge is 2.23. The smallest absolute Gasteiger partial charge is 0.164 e. The molecule has 6 rings (SSSR count). The SMILES string of the molecule is COc1cc2c(-c3ccccc3OC)nc3c(c(-c4ccccc4)nn3-c3ccccc3)c2cc1OC. The van der Waals surface area contributed by atoms with Crippen LogP contribution < -0.4 is 14.2 Å². The minimum absolute atomic E-state index is 0.629. The summed E-state index contributed by atoms with van der Waals surface area (Å²) in [6, 6.07) is 32.1. The highest BCUT2D eigenvalue weighted by molar-refractivity contribution is 6.16. The minimum Gasteiger partial charge on any atom is -0.496 e. The van der Waals surface area contributed by atoms with E-state index in [1.165, 1.54) is 0 Å². The molecule has 0 amide bonds. The number of rotatable bonds is 6. The van der Waals surface area contributed by atoms with Crippen molar-refractivity contribution < 1.29 is 14.2 Å². The summed E-state index contributed by atoms with van der Waals surface area (Å²) >= 11 is 0. The highest BCUT2D eigenvalue weighted by atomic mass is 16.5. The van der Waals surface area contributed by atoms with Crippen LogP contribution in [0.25, 0.3) is 50.0 Å². The average molecular weight is 488 g/mol. The summed E-state index contributed by atoms with van der Waals surface area (Å²) in [5.41, 5.74) is 5.17. The molecule has 0 aliphatic heterocycles. The fourth-order valence-corrected chi connectivity index (χ4v) is 4.80. The van der Waals surface area contributed by atoms with Crippen LogP contribution in [0.3, 0.4) is 0 Å². The number of hydrogen-bond acceptors (Lipinski definition) is 5. The summed E-state index contributed by atoms with van der Waals surface area (Å²) in [4.78, 5) is 5.26. The number of para-hydroxylation sites is 2. The number of hydrogen-bond donors (Lipinski definition) is 0. The van der Waals surface area contributed by atoms with Crippen LogP contribution in [0.2, 0.25) is 0 Å². The number of aromatic nitrogens is 3. The fourth-order valence-electron chi connectivity index (χ4n) is 4.80. The fraction of sp³-hybridized carbons (Fsp3) is 0.0968. The van der Waals surface area contributed by atoms with E-state index in [-0.39, 0.29) is 0 Å². The Morgan fingerprint density at radius 3 is 1.86 bits per heavy atom. The van der Waals surface area contributed by atoms with Gasteiger partial charge in [0.15, 0.2) is 17.1 Å². The van der Waals surface area contributed by atoms with Gasteiger partial charge in [-0.2, -0.15) is 5.10 Å². The molecule has 6 aromatic rings. The number of pyridine rings is 1. The van der Waals surface area contributed by atoms with Crippen molar-refractivity contribution in [2.24, 2.45) is 0 Å². The van der Waals surface area contributed by atoms with E-state index >= 15 is 0 Å². The van der Waals surface area contributed by atoms with Crippen molar-refractivity contribution in [2.45, 2.75) is 0 Å². The number of nitrogens with zero attached hydrogens (tertiary/aromatic N) is 3. The first-order valence-electron chi connectivity index (χ1n) is 12.0. The van der Waals surface area contributed by atoms with Crippen LogP contribution in [0.15, 0.2) is 97.1 Å². The molecule has 0 radical (unpaired) electrons. The zero-order chi connectivity index (χ0) is 25.4. The van der Waals surface area contributed by atoms with Gasteiger partial charge in [-0.1, -0.05) is 60.7 Å². The van der Waals surface area contributed by atoms with Crippen LogP contribution in [-0.4, -0.2) is 36.1 Å². The summed E-state index contributed by atoms with van der Waals surface area (Å²) in [7, 11) is 4.96. The Morgan fingerprint density at radius 2 is 1.19 bits per heavy atom. The van der Waals surface area contributed by atoms with Crippen molar-refractivity contribution in [2.75, 3.05) is 21.3 Å². The van der Waals surface area contributed by atoms with E-state index in [0.29, 0.717) is 11.5 Å². The molecule has 0 saturated carbocycles. The predicted octanol–water partition coefficient (Wildman–Crippen LogP) is 6.93. The van der Waals surface area contributed by atoms with E-state index in [1.807, 2.05) is 89.6 Å². The van der Waals surface area contributed by atoms with Crippen LogP contribution in [0.1, 0.15) is 0 Å². The first-order valence-corrected chi connectivity index (χ1v) is 12.0. The Balaban J connectivity index is 1.83. The van der Waals surface area contributed by atoms with Crippen LogP contribution in [0.5, 0.6) is 17.2 Å². The van der Waals surface area contributed by atoms with Gasteiger partial charge in [0.05, 0.1) is 38.1 Å². The molecule has 0 atom stereocenters. The van der Waals surface area contributed by atoms with E-state index in [2.05, 4.69) is 12.1 Å². The number of ether oxygens (including phenoxy) is 3. The Morgan fingerprint density at radius 1 is 0.595 bits per heavy atom. The Hall–Kier alpha value is -4.84. The molecule has 0 aliphatic rings. The molecule has 6 nitrogen and oxygen atoms in total. The first-order chi connectivity index (χ1) is 18.2. The van der Waals surface area contributed by atoms with Crippen LogP contribution >= 0.6 is 0 Å². The third kappa shape index (κ3) is 3.74. The topological polar surface area (TPSA) is 58.4 Å². The van der Waals surface area contributed by atoms with Crippen molar-refractivity contribution in [3.8, 4) is 45.5 Å². The summed E-state index contributed by atoms with van der Waals surface area (Å²) < 4.78 is 19.1. The van der Waals surface area contributed by atoms with Gasteiger partial charge >= 0.3 is 0 Å². The lowest BCUT2D eigenvalue weighted by molar-refractivity contribution is 0.356. The second kappa shape index (κ2) is 9.32. The maximum atomic E-state index is 5.73. The Labute approximate surface area is 214 Å². The van der Waals surface area contributed by atoms with Gasteiger partial charge in [0.25, 0.3) is 0 Å². The van der Waals surface area contributed by atoms with E-state index in [9.17, 15) is 0 Å². The summed E-state index contributed by atoms with van der Waals surface area (Å²) in [6.07, 6.45) is 0. The molecule has 0 spiro atoms. The van der Waals surface area contributed by atoms with Gasteiger partial charge in [-0.3, -0.25) is 0 Å². The third-order valence-electron chi connectivity index (χ3n) is 6.54. The van der Waals surface area contributed by atoms with E-state index in [4.69, 9.17) is 24.3 Å². The summed E-state index contributed by atoms with van der Waals surface area (Å²) in [6.45, 7) is 0. The molecular formula is C31H25N3O3. The second-order valence-corrected chi connectivity index (χ2v) is 8.57. The van der Waals surface area contributed by atoms with Crippen LogP contribution in [-0.2, 0) is 0 Å². The van der Waals surface area contributed by atoms with Crippen molar-refractivity contribution >= 4 is 21.8 Å². The molecule has 0 fully saturated rings. The van der Waals surface area contributed by atoms with E-state index in [1.54, 1.807) is 21.3 Å². The Bertz CT molecular complexity index is 1730.